The van der Waals surface area contributed by atoms with E-state index >= 15 is 0 Å². The Hall–Kier alpha value is -2.56. The number of carbonyl (C=O) groups excluding carboxylic acids is 3. The summed E-state index contributed by atoms with van der Waals surface area (Å²) in [6, 6.07) is -1.85. The van der Waals surface area contributed by atoms with Gasteiger partial charge in [0.05, 0.1) is 6.54 Å². The van der Waals surface area contributed by atoms with Crippen LogP contribution in [-0.2, 0) is 19.1 Å². The fourth-order valence-corrected chi connectivity index (χ4v) is 2.58. The summed E-state index contributed by atoms with van der Waals surface area (Å²) in [5.74, 6) is -2.03. The minimum absolute atomic E-state index is 0.0352. The van der Waals surface area contributed by atoms with E-state index in [0.717, 1.165) is 4.90 Å². The zero-order chi connectivity index (χ0) is 22.6. The number of likely N-dealkylation sites (tertiary alicyclic amines) is 1. The van der Waals surface area contributed by atoms with Gasteiger partial charge >= 0.3 is 18.2 Å². The summed E-state index contributed by atoms with van der Waals surface area (Å²) in [7, 11) is 0. The lowest BCUT2D eigenvalue weighted by Crippen LogP contribution is -2.48. The van der Waals surface area contributed by atoms with E-state index in [0.29, 0.717) is 0 Å². The van der Waals surface area contributed by atoms with E-state index in [1.165, 1.54) is 0 Å². The summed E-state index contributed by atoms with van der Waals surface area (Å²) in [6.45, 7) is 9.52. The van der Waals surface area contributed by atoms with E-state index in [1.807, 2.05) is 0 Å². The van der Waals surface area contributed by atoms with Crippen molar-refractivity contribution in [3.63, 3.8) is 0 Å². The maximum absolute atomic E-state index is 12.2. The number of rotatable bonds is 5. The molecule has 3 atom stereocenters. The van der Waals surface area contributed by atoms with Gasteiger partial charge in [-0.3, -0.25) is 9.69 Å². The molecule has 1 fully saturated rings. The maximum Gasteiger partial charge on any atom is 0.411 e. The molecule has 0 saturated carbocycles. The van der Waals surface area contributed by atoms with Crippen LogP contribution in [0.15, 0.2) is 0 Å². The molecule has 0 aliphatic carbocycles. The average molecular weight is 417 g/mol. The summed E-state index contributed by atoms with van der Waals surface area (Å²) in [6.07, 6.45) is -3.19. The number of carboxylic acids is 1. The predicted molar refractivity (Wildman–Crippen MR) is 101 cm³/mol. The lowest BCUT2D eigenvalue weighted by Gasteiger charge is -2.26. The zero-order valence-corrected chi connectivity index (χ0v) is 17.6. The lowest BCUT2D eigenvalue weighted by atomic mass is 10.1. The Balaban J connectivity index is 2.61. The number of amides is 3. The van der Waals surface area contributed by atoms with Crippen LogP contribution in [0.1, 0.15) is 48.0 Å². The van der Waals surface area contributed by atoms with E-state index in [-0.39, 0.29) is 19.5 Å². The molecule has 1 aliphatic rings. The second-order valence-corrected chi connectivity index (χ2v) is 8.83. The number of aliphatic hydroxyl groups is 1. The van der Waals surface area contributed by atoms with Gasteiger partial charge in [-0.25, -0.2) is 14.4 Å². The molecule has 3 amide bonds. The van der Waals surface area contributed by atoms with Crippen molar-refractivity contribution in [3.05, 3.63) is 0 Å². The molecule has 166 valence electrons. The van der Waals surface area contributed by atoms with Crippen LogP contribution in [0, 0.1) is 0 Å². The number of alkyl carbamates (subject to hydrolysis) is 1. The van der Waals surface area contributed by atoms with Crippen LogP contribution in [0.5, 0.6) is 0 Å². The Bertz CT molecular complexity index is 638. The molecule has 1 heterocycles. The Labute approximate surface area is 169 Å². The van der Waals surface area contributed by atoms with E-state index < -0.39 is 53.5 Å². The quantitative estimate of drug-likeness (QED) is 0.503. The molecule has 29 heavy (non-hydrogen) atoms. The van der Waals surface area contributed by atoms with Crippen LogP contribution in [0.4, 0.5) is 9.59 Å². The summed E-state index contributed by atoms with van der Waals surface area (Å²) in [5.41, 5.74) is -1.52. The third-order valence-electron chi connectivity index (χ3n) is 3.70. The summed E-state index contributed by atoms with van der Waals surface area (Å²) in [5, 5.41) is 24.0. The minimum atomic E-state index is -1.57. The largest absolute Gasteiger partial charge is 0.480 e. The van der Waals surface area contributed by atoms with Gasteiger partial charge in [0.2, 0.25) is 0 Å². The summed E-state index contributed by atoms with van der Waals surface area (Å²) in [4.78, 5) is 48.5. The molecular weight excluding hydrogens is 386 g/mol. The third kappa shape index (κ3) is 8.55. The van der Waals surface area contributed by atoms with Gasteiger partial charge in [0, 0.05) is 19.0 Å². The van der Waals surface area contributed by atoms with Crippen molar-refractivity contribution in [1.82, 2.24) is 15.5 Å². The first-order valence-electron chi connectivity index (χ1n) is 9.27. The van der Waals surface area contributed by atoms with Crippen molar-refractivity contribution >= 4 is 24.1 Å². The standard InChI is InChI=1S/C18H31N3O8/c1-17(2,3)28-15(26)19-8-12(22)13(23)20-10-7-11(14(24)25)21(9-10)16(27)29-18(4,5)6/h10-12,22H,7-9H2,1-6H3,(H,19,26)(H,20,23)(H,24,25)/t10?,11-,12?/m0/s1. The molecule has 1 saturated heterocycles. The zero-order valence-electron chi connectivity index (χ0n) is 17.6. The van der Waals surface area contributed by atoms with Gasteiger partial charge in [-0.2, -0.15) is 0 Å². The smallest absolute Gasteiger partial charge is 0.411 e. The fourth-order valence-electron chi connectivity index (χ4n) is 2.58. The van der Waals surface area contributed by atoms with Crippen molar-refractivity contribution < 1.29 is 38.9 Å². The van der Waals surface area contributed by atoms with Crippen LogP contribution in [0.2, 0.25) is 0 Å². The van der Waals surface area contributed by atoms with Crippen LogP contribution in [0.3, 0.4) is 0 Å². The number of aliphatic carboxylic acids is 1. The van der Waals surface area contributed by atoms with Gasteiger partial charge in [-0.15, -0.1) is 0 Å². The first kappa shape index (κ1) is 24.5. The molecule has 0 radical (unpaired) electrons. The fraction of sp³-hybridized carbons (Fsp3) is 0.778. The monoisotopic (exact) mass is 417 g/mol. The molecule has 2 unspecified atom stereocenters. The van der Waals surface area contributed by atoms with Gasteiger partial charge in [0.1, 0.15) is 23.3 Å². The minimum Gasteiger partial charge on any atom is -0.480 e. The van der Waals surface area contributed by atoms with Gasteiger partial charge in [-0.1, -0.05) is 0 Å². The number of ether oxygens (including phenoxy) is 2. The number of carboxylic acid groups (broad SMARTS) is 1. The third-order valence-corrected chi connectivity index (χ3v) is 3.70. The number of nitrogens with zero attached hydrogens (tertiary/aromatic N) is 1. The maximum atomic E-state index is 12.2. The topological polar surface area (TPSA) is 154 Å². The highest BCUT2D eigenvalue weighted by Gasteiger charge is 2.42. The Kier molecular flexibility index (Phi) is 7.84. The second-order valence-electron chi connectivity index (χ2n) is 8.83. The lowest BCUT2D eigenvalue weighted by molar-refractivity contribution is -0.142. The molecule has 11 nitrogen and oxygen atoms in total. The van der Waals surface area contributed by atoms with Gasteiger partial charge in [0.25, 0.3) is 5.91 Å². The summed E-state index contributed by atoms with van der Waals surface area (Å²) >= 11 is 0. The van der Waals surface area contributed by atoms with E-state index in [4.69, 9.17) is 9.47 Å². The Morgan fingerprint density at radius 1 is 1.07 bits per heavy atom. The highest BCUT2D eigenvalue weighted by atomic mass is 16.6. The molecule has 1 rings (SSSR count). The molecule has 0 aromatic carbocycles. The predicted octanol–water partition coefficient (Wildman–Crippen LogP) is 0.451. The van der Waals surface area contributed by atoms with Crippen LogP contribution < -0.4 is 10.6 Å². The van der Waals surface area contributed by atoms with Crippen LogP contribution in [-0.4, -0.2) is 81.7 Å². The van der Waals surface area contributed by atoms with Gasteiger partial charge in [-0.05, 0) is 41.5 Å². The van der Waals surface area contributed by atoms with Crippen molar-refractivity contribution in [3.8, 4) is 0 Å². The molecular formula is C18H31N3O8. The van der Waals surface area contributed by atoms with Crippen LogP contribution >= 0.6 is 0 Å². The normalized spacial score (nSPS) is 20.6. The molecule has 0 bridgehead atoms. The highest BCUT2D eigenvalue weighted by molar-refractivity contribution is 5.84. The molecule has 1 aliphatic heterocycles. The average Bonchev–Trinajstić information content (AvgIpc) is 2.93. The first-order valence-corrected chi connectivity index (χ1v) is 9.27. The number of nitrogens with one attached hydrogen (secondary N) is 2. The van der Waals surface area contributed by atoms with Crippen molar-refractivity contribution in [2.24, 2.45) is 0 Å². The highest BCUT2D eigenvalue weighted by Crippen LogP contribution is 2.21. The number of aliphatic hydroxyl groups excluding tert-OH is 1. The second kappa shape index (κ2) is 9.29. The van der Waals surface area contributed by atoms with Crippen LogP contribution in [0.25, 0.3) is 0 Å². The number of hydrogen-bond acceptors (Lipinski definition) is 7. The Morgan fingerprint density at radius 3 is 2.10 bits per heavy atom. The molecule has 0 aromatic heterocycles. The van der Waals surface area contributed by atoms with Gasteiger partial charge < -0.3 is 30.3 Å². The van der Waals surface area contributed by atoms with Gasteiger partial charge in [0.15, 0.2) is 0 Å². The SMILES string of the molecule is CC(C)(C)OC(=O)NCC(O)C(=O)NC1C[C@@H](C(=O)O)N(C(=O)OC(C)(C)C)C1. The summed E-state index contributed by atoms with van der Waals surface area (Å²) < 4.78 is 10.2. The molecule has 4 N–H and O–H groups in total. The number of carbonyl (C=O) groups is 4. The number of hydrogen-bond donors (Lipinski definition) is 4. The first-order chi connectivity index (χ1) is 13.1. The molecule has 0 spiro atoms. The van der Waals surface area contributed by atoms with E-state index in [2.05, 4.69) is 10.6 Å². The Morgan fingerprint density at radius 2 is 1.62 bits per heavy atom. The van der Waals surface area contributed by atoms with E-state index in [9.17, 15) is 29.4 Å². The molecule has 11 heteroatoms. The van der Waals surface area contributed by atoms with Crippen molar-refractivity contribution in [2.75, 3.05) is 13.1 Å². The molecule has 0 aromatic rings. The van der Waals surface area contributed by atoms with Crippen molar-refractivity contribution in [2.45, 2.75) is 77.4 Å². The van der Waals surface area contributed by atoms with E-state index in [1.54, 1.807) is 41.5 Å². The van der Waals surface area contributed by atoms with Crippen molar-refractivity contribution in [1.29, 1.82) is 0 Å².